The molecule has 0 aliphatic carbocycles. The van der Waals surface area contributed by atoms with Crippen LogP contribution in [0, 0.1) is 17.3 Å². The van der Waals surface area contributed by atoms with Crippen molar-refractivity contribution in [2.24, 2.45) is 0 Å². The van der Waals surface area contributed by atoms with E-state index in [0.29, 0.717) is 6.61 Å². The molecule has 1 fully saturated rings. The summed E-state index contributed by atoms with van der Waals surface area (Å²) in [7, 11) is 0. The predicted molar refractivity (Wildman–Crippen MR) is 96.1 cm³/mol. The minimum absolute atomic E-state index is 0.147. The van der Waals surface area contributed by atoms with Crippen LogP contribution in [-0.2, 0) is 4.74 Å². The van der Waals surface area contributed by atoms with Crippen LogP contribution in [0.5, 0.6) is 0 Å². The molecule has 0 spiro atoms. The molecule has 2 N–H and O–H groups in total. The Morgan fingerprint density at radius 1 is 1.17 bits per heavy atom. The first-order chi connectivity index (χ1) is 11.2. The molecule has 3 nitrogen and oxygen atoms in total. The Morgan fingerprint density at radius 3 is 2.74 bits per heavy atom. The van der Waals surface area contributed by atoms with Gasteiger partial charge in [-0.2, -0.15) is 0 Å². The zero-order valence-corrected chi connectivity index (χ0v) is 13.6. The Labute approximate surface area is 138 Å². The van der Waals surface area contributed by atoms with Gasteiger partial charge in [-0.3, -0.25) is 5.41 Å². The van der Waals surface area contributed by atoms with Crippen LogP contribution in [0.15, 0.2) is 36.4 Å². The van der Waals surface area contributed by atoms with E-state index in [9.17, 15) is 0 Å². The van der Waals surface area contributed by atoms with Crippen LogP contribution in [0.1, 0.15) is 30.5 Å². The molecular weight excluding hydrogens is 304 g/mol. The molecule has 2 aromatic carbocycles. The van der Waals surface area contributed by atoms with Gasteiger partial charge in [0.05, 0.1) is 12.6 Å². The number of hydrogen-bond donors (Lipinski definition) is 2. The number of nitrogens with one attached hydrogen (secondary N) is 2. The lowest BCUT2D eigenvalue weighted by Gasteiger charge is -2.25. The first-order valence-electron chi connectivity index (χ1n) is 7.61. The summed E-state index contributed by atoms with van der Waals surface area (Å²) in [5.41, 5.74) is 2.26. The summed E-state index contributed by atoms with van der Waals surface area (Å²) in [4.78, 5) is 0. The zero-order valence-electron chi connectivity index (χ0n) is 12.8. The van der Waals surface area contributed by atoms with E-state index in [2.05, 4.69) is 53.6 Å². The van der Waals surface area contributed by atoms with Crippen LogP contribution in [0.4, 0.5) is 0 Å². The van der Waals surface area contributed by atoms with Gasteiger partial charge in [0.25, 0.3) is 6.02 Å². The first-order valence-corrected chi connectivity index (χ1v) is 8.43. The smallest absolute Gasteiger partial charge is 0.282 e. The van der Waals surface area contributed by atoms with E-state index in [-0.39, 0.29) is 12.1 Å². The highest BCUT2D eigenvalue weighted by Crippen LogP contribution is 2.36. The first kappa shape index (κ1) is 14.1. The standard InChI is InChI=1S/C19H16N2OS/c1-2-3-12-4-6-17-14(10-12)15-11-13(5-7-18(15)23-17)16-8-9-22-19(20)21-16/h4-7,10-11,16H,8-9H2,1H3,(H2,20,21). The number of rotatable bonds is 1. The van der Waals surface area contributed by atoms with E-state index in [1.54, 1.807) is 0 Å². The second kappa shape index (κ2) is 5.60. The Balaban J connectivity index is 1.85. The fourth-order valence-corrected chi connectivity index (χ4v) is 4.10. The minimum Gasteiger partial charge on any atom is -0.465 e. The van der Waals surface area contributed by atoms with E-state index in [0.717, 1.165) is 12.0 Å². The van der Waals surface area contributed by atoms with Gasteiger partial charge in [0.2, 0.25) is 0 Å². The highest BCUT2D eigenvalue weighted by Gasteiger charge is 2.19. The third-order valence-corrected chi connectivity index (χ3v) is 5.28. The van der Waals surface area contributed by atoms with Gasteiger partial charge in [-0.05, 0) is 42.8 Å². The molecule has 0 saturated carbocycles. The van der Waals surface area contributed by atoms with Crippen molar-refractivity contribution in [3.63, 3.8) is 0 Å². The van der Waals surface area contributed by atoms with Gasteiger partial charge in [0.1, 0.15) is 0 Å². The molecule has 0 radical (unpaired) electrons. The Bertz CT molecular complexity index is 977. The summed E-state index contributed by atoms with van der Waals surface area (Å²) in [6, 6.07) is 13.3. The van der Waals surface area contributed by atoms with Crippen LogP contribution >= 0.6 is 11.3 Å². The van der Waals surface area contributed by atoms with Crippen molar-refractivity contribution in [2.45, 2.75) is 19.4 Å². The Kier molecular flexibility index (Phi) is 3.44. The van der Waals surface area contributed by atoms with Crippen molar-refractivity contribution in [3.8, 4) is 11.8 Å². The minimum atomic E-state index is 0.147. The fourth-order valence-electron chi connectivity index (χ4n) is 3.03. The number of fused-ring (bicyclic) bond motifs is 3. The van der Waals surface area contributed by atoms with Crippen LogP contribution in [-0.4, -0.2) is 12.6 Å². The molecule has 4 rings (SSSR count). The van der Waals surface area contributed by atoms with Crippen molar-refractivity contribution >= 4 is 37.5 Å². The van der Waals surface area contributed by atoms with Gasteiger partial charge >= 0.3 is 0 Å². The van der Waals surface area contributed by atoms with Crippen LogP contribution in [0.3, 0.4) is 0 Å². The largest absolute Gasteiger partial charge is 0.465 e. The second-order valence-corrected chi connectivity index (χ2v) is 6.69. The molecule has 0 bridgehead atoms. The normalized spacial score (nSPS) is 17.4. The van der Waals surface area contributed by atoms with Crippen molar-refractivity contribution in [1.82, 2.24) is 5.32 Å². The summed E-state index contributed by atoms with van der Waals surface area (Å²) >= 11 is 1.81. The lowest BCUT2D eigenvalue weighted by atomic mass is 10.0. The molecule has 1 saturated heterocycles. The molecule has 1 atom stereocenters. The third-order valence-electron chi connectivity index (χ3n) is 4.12. The average Bonchev–Trinajstić information content (AvgIpc) is 2.92. The summed E-state index contributed by atoms with van der Waals surface area (Å²) in [6.45, 7) is 2.45. The van der Waals surface area contributed by atoms with E-state index in [1.165, 1.54) is 25.7 Å². The number of amidine groups is 1. The molecule has 114 valence electrons. The Morgan fingerprint density at radius 2 is 1.96 bits per heavy atom. The van der Waals surface area contributed by atoms with Crippen molar-refractivity contribution in [3.05, 3.63) is 47.5 Å². The second-order valence-electron chi connectivity index (χ2n) is 5.61. The summed E-state index contributed by atoms with van der Waals surface area (Å²) < 4.78 is 7.74. The fraction of sp³-hybridized carbons (Fsp3) is 0.211. The van der Waals surface area contributed by atoms with Crippen molar-refractivity contribution in [2.75, 3.05) is 6.61 Å². The zero-order chi connectivity index (χ0) is 15.8. The van der Waals surface area contributed by atoms with Gasteiger partial charge in [0, 0.05) is 32.2 Å². The van der Waals surface area contributed by atoms with Crippen molar-refractivity contribution in [1.29, 1.82) is 5.41 Å². The SMILES string of the molecule is CC#Cc1ccc2sc3ccc(C4CCOC(=N)N4)cc3c2c1. The summed E-state index contributed by atoms with van der Waals surface area (Å²) in [5, 5.41) is 13.3. The molecule has 0 amide bonds. The van der Waals surface area contributed by atoms with Crippen LogP contribution in [0.25, 0.3) is 20.2 Å². The maximum Gasteiger partial charge on any atom is 0.282 e. The molecule has 1 aliphatic heterocycles. The summed E-state index contributed by atoms with van der Waals surface area (Å²) in [6.07, 6.45) is 0.877. The molecule has 1 aliphatic rings. The third kappa shape index (κ3) is 2.54. The molecule has 2 heterocycles. The van der Waals surface area contributed by atoms with E-state index >= 15 is 0 Å². The molecule has 1 aromatic heterocycles. The highest BCUT2D eigenvalue weighted by molar-refractivity contribution is 7.25. The van der Waals surface area contributed by atoms with Crippen LogP contribution < -0.4 is 5.32 Å². The van der Waals surface area contributed by atoms with E-state index < -0.39 is 0 Å². The van der Waals surface area contributed by atoms with Gasteiger partial charge in [-0.25, -0.2) is 0 Å². The maximum atomic E-state index is 7.66. The quantitative estimate of drug-likeness (QED) is 0.652. The average molecular weight is 320 g/mol. The van der Waals surface area contributed by atoms with Gasteiger partial charge in [0.15, 0.2) is 0 Å². The topological polar surface area (TPSA) is 45.1 Å². The molecule has 1 unspecified atom stereocenters. The number of thiophene rings is 1. The number of ether oxygens (including phenoxy) is 1. The van der Waals surface area contributed by atoms with Gasteiger partial charge in [-0.15, -0.1) is 17.3 Å². The van der Waals surface area contributed by atoms with Crippen LogP contribution in [0.2, 0.25) is 0 Å². The van der Waals surface area contributed by atoms with E-state index in [1.807, 2.05) is 18.3 Å². The molecule has 3 aromatic rings. The molecule has 23 heavy (non-hydrogen) atoms. The predicted octanol–water partition coefficient (Wildman–Crippen LogP) is 4.41. The Hall–Kier alpha value is -2.51. The molecular formula is C19H16N2OS. The molecule has 4 heteroatoms. The summed E-state index contributed by atoms with van der Waals surface area (Å²) in [5.74, 6) is 6.10. The lowest BCUT2D eigenvalue weighted by Crippen LogP contribution is -2.35. The number of benzene rings is 2. The van der Waals surface area contributed by atoms with E-state index in [4.69, 9.17) is 10.1 Å². The highest BCUT2D eigenvalue weighted by atomic mass is 32.1. The van der Waals surface area contributed by atoms with Gasteiger partial charge < -0.3 is 10.1 Å². The monoisotopic (exact) mass is 320 g/mol. The van der Waals surface area contributed by atoms with Crippen molar-refractivity contribution < 1.29 is 4.74 Å². The number of hydrogen-bond acceptors (Lipinski definition) is 3. The maximum absolute atomic E-state index is 7.66. The van der Waals surface area contributed by atoms with Gasteiger partial charge in [-0.1, -0.05) is 12.0 Å². The lowest BCUT2D eigenvalue weighted by molar-refractivity contribution is 0.225.